The molecule has 72 valence electrons. The van der Waals surface area contributed by atoms with Gasteiger partial charge in [-0.1, -0.05) is 6.07 Å². The van der Waals surface area contributed by atoms with Crippen molar-refractivity contribution in [3.63, 3.8) is 0 Å². The van der Waals surface area contributed by atoms with Gasteiger partial charge in [-0.2, -0.15) is 0 Å². The average Bonchev–Trinajstić information content (AvgIpc) is 2.16. The third-order valence-corrected chi connectivity index (χ3v) is 1.77. The number of hydrogen-bond acceptors (Lipinski definition) is 2. The summed E-state index contributed by atoms with van der Waals surface area (Å²) in [5.74, 6) is -0.255. The SMILES string of the molecule is COc1cccc(F)c1[C@@H](N)CF. The Bertz CT molecular complexity index is 291. The first-order valence-electron chi connectivity index (χ1n) is 3.84. The van der Waals surface area contributed by atoms with Crippen molar-refractivity contribution in [2.45, 2.75) is 6.04 Å². The van der Waals surface area contributed by atoms with E-state index in [1.807, 2.05) is 0 Å². The lowest BCUT2D eigenvalue weighted by Crippen LogP contribution is -2.15. The van der Waals surface area contributed by atoms with Crippen molar-refractivity contribution >= 4 is 0 Å². The van der Waals surface area contributed by atoms with Gasteiger partial charge in [0.25, 0.3) is 0 Å². The number of nitrogens with two attached hydrogens (primary N) is 1. The van der Waals surface area contributed by atoms with Gasteiger partial charge in [-0.25, -0.2) is 8.78 Å². The molecule has 1 aromatic rings. The van der Waals surface area contributed by atoms with Crippen molar-refractivity contribution in [2.75, 3.05) is 13.8 Å². The molecule has 2 N–H and O–H groups in total. The van der Waals surface area contributed by atoms with Crippen LogP contribution in [0.15, 0.2) is 18.2 Å². The normalized spacial score (nSPS) is 12.6. The highest BCUT2D eigenvalue weighted by Gasteiger charge is 2.16. The summed E-state index contributed by atoms with van der Waals surface area (Å²) in [6.07, 6.45) is 0. The lowest BCUT2D eigenvalue weighted by molar-refractivity contribution is 0.379. The number of benzene rings is 1. The van der Waals surface area contributed by atoms with Crippen molar-refractivity contribution in [1.29, 1.82) is 0 Å². The van der Waals surface area contributed by atoms with Crippen LogP contribution in [0, 0.1) is 5.82 Å². The summed E-state index contributed by atoms with van der Waals surface area (Å²) < 4.78 is 30.2. The first-order chi connectivity index (χ1) is 6.20. The largest absolute Gasteiger partial charge is 0.496 e. The van der Waals surface area contributed by atoms with Crippen LogP contribution in [0.1, 0.15) is 11.6 Å². The van der Waals surface area contributed by atoms with E-state index in [2.05, 4.69) is 0 Å². The second-order valence-electron chi connectivity index (χ2n) is 2.62. The molecule has 0 aliphatic heterocycles. The number of hydrogen-bond donors (Lipinski definition) is 1. The molecule has 1 atom stereocenters. The van der Waals surface area contributed by atoms with E-state index in [-0.39, 0.29) is 11.3 Å². The van der Waals surface area contributed by atoms with Crippen LogP contribution in [0.3, 0.4) is 0 Å². The van der Waals surface area contributed by atoms with Gasteiger partial charge in [-0.15, -0.1) is 0 Å². The van der Waals surface area contributed by atoms with E-state index in [0.29, 0.717) is 0 Å². The van der Waals surface area contributed by atoms with Crippen LogP contribution >= 0.6 is 0 Å². The van der Waals surface area contributed by atoms with E-state index in [1.165, 1.54) is 19.2 Å². The number of rotatable bonds is 3. The molecular weight excluding hydrogens is 176 g/mol. The Kier molecular flexibility index (Phi) is 3.19. The summed E-state index contributed by atoms with van der Waals surface area (Å²) >= 11 is 0. The number of ether oxygens (including phenoxy) is 1. The third kappa shape index (κ3) is 1.95. The van der Waals surface area contributed by atoms with E-state index in [1.54, 1.807) is 6.07 Å². The third-order valence-electron chi connectivity index (χ3n) is 1.77. The van der Waals surface area contributed by atoms with Gasteiger partial charge in [0.05, 0.1) is 13.2 Å². The number of alkyl halides is 1. The van der Waals surface area contributed by atoms with Crippen LogP contribution in [-0.4, -0.2) is 13.8 Å². The Hall–Kier alpha value is -1.16. The summed E-state index contributed by atoms with van der Waals surface area (Å²) in [6.45, 7) is -0.808. The monoisotopic (exact) mass is 187 g/mol. The van der Waals surface area contributed by atoms with Crippen molar-refractivity contribution in [3.05, 3.63) is 29.6 Å². The Morgan fingerprint density at radius 2 is 2.23 bits per heavy atom. The van der Waals surface area contributed by atoms with E-state index >= 15 is 0 Å². The standard InChI is InChI=1S/C9H11F2NO/c1-13-8-4-2-3-6(11)9(8)7(12)5-10/h2-4,7H,5,12H2,1H3/t7-/m0/s1. The number of methoxy groups -OCH3 is 1. The van der Waals surface area contributed by atoms with Crippen molar-refractivity contribution < 1.29 is 13.5 Å². The zero-order valence-corrected chi connectivity index (χ0v) is 7.26. The van der Waals surface area contributed by atoms with Crippen LogP contribution in [0.2, 0.25) is 0 Å². The van der Waals surface area contributed by atoms with Gasteiger partial charge in [0.2, 0.25) is 0 Å². The average molecular weight is 187 g/mol. The van der Waals surface area contributed by atoms with Gasteiger partial charge < -0.3 is 10.5 Å². The Morgan fingerprint density at radius 3 is 2.77 bits per heavy atom. The fraction of sp³-hybridized carbons (Fsp3) is 0.333. The molecule has 0 unspecified atom stereocenters. The van der Waals surface area contributed by atoms with E-state index < -0.39 is 18.5 Å². The van der Waals surface area contributed by atoms with E-state index in [4.69, 9.17) is 10.5 Å². The maximum absolute atomic E-state index is 13.1. The Labute approximate surface area is 75.3 Å². The predicted octanol–water partition coefficient (Wildman–Crippen LogP) is 1.80. The molecule has 0 aromatic heterocycles. The summed E-state index contributed by atoms with van der Waals surface area (Å²) in [5, 5.41) is 0. The first-order valence-corrected chi connectivity index (χ1v) is 3.84. The fourth-order valence-electron chi connectivity index (χ4n) is 1.13. The molecule has 13 heavy (non-hydrogen) atoms. The molecule has 0 amide bonds. The molecule has 0 spiro atoms. The first kappa shape index (κ1) is 9.92. The summed E-state index contributed by atoms with van der Waals surface area (Å²) in [4.78, 5) is 0. The van der Waals surface area contributed by atoms with Crippen LogP contribution in [0.25, 0.3) is 0 Å². The van der Waals surface area contributed by atoms with Gasteiger partial charge in [0.15, 0.2) is 0 Å². The molecule has 1 aromatic carbocycles. The molecule has 0 saturated heterocycles. The molecule has 1 rings (SSSR count). The molecule has 0 saturated carbocycles. The molecular formula is C9H11F2NO. The fourth-order valence-corrected chi connectivity index (χ4v) is 1.13. The topological polar surface area (TPSA) is 35.2 Å². The lowest BCUT2D eigenvalue weighted by Gasteiger charge is -2.12. The lowest BCUT2D eigenvalue weighted by atomic mass is 10.1. The molecule has 4 heteroatoms. The van der Waals surface area contributed by atoms with Crippen molar-refractivity contribution in [2.24, 2.45) is 5.73 Å². The predicted molar refractivity (Wildman–Crippen MR) is 45.9 cm³/mol. The Morgan fingerprint density at radius 1 is 1.54 bits per heavy atom. The highest BCUT2D eigenvalue weighted by molar-refractivity contribution is 5.37. The summed E-state index contributed by atoms with van der Waals surface area (Å²) in [6, 6.07) is 3.31. The molecule has 2 nitrogen and oxygen atoms in total. The van der Waals surface area contributed by atoms with Crippen LogP contribution in [0.5, 0.6) is 5.75 Å². The van der Waals surface area contributed by atoms with Gasteiger partial charge in [0, 0.05) is 5.56 Å². The quantitative estimate of drug-likeness (QED) is 0.783. The highest BCUT2D eigenvalue weighted by atomic mass is 19.1. The summed E-state index contributed by atoms with van der Waals surface area (Å²) in [7, 11) is 1.39. The maximum atomic E-state index is 13.1. The molecule has 0 aliphatic rings. The minimum atomic E-state index is -0.962. The molecule has 0 radical (unpaired) electrons. The smallest absolute Gasteiger partial charge is 0.131 e. The molecule has 0 bridgehead atoms. The second-order valence-corrected chi connectivity index (χ2v) is 2.62. The van der Waals surface area contributed by atoms with Gasteiger partial charge in [-0.3, -0.25) is 0 Å². The Balaban J connectivity index is 3.14. The van der Waals surface area contributed by atoms with Crippen LogP contribution in [0.4, 0.5) is 8.78 Å². The summed E-state index contributed by atoms with van der Waals surface area (Å²) in [5.41, 5.74) is 5.47. The highest BCUT2D eigenvalue weighted by Crippen LogP contribution is 2.26. The maximum Gasteiger partial charge on any atom is 0.131 e. The van der Waals surface area contributed by atoms with Gasteiger partial charge in [-0.05, 0) is 12.1 Å². The second kappa shape index (κ2) is 4.18. The van der Waals surface area contributed by atoms with Gasteiger partial charge in [0.1, 0.15) is 18.2 Å². The minimum Gasteiger partial charge on any atom is -0.496 e. The zero-order chi connectivity index (χ0) is 9.84. The van der Waals surface area contributed by atoms with Crippen LogP contribution in [-0.2, 0) is 0 Å². The molecule has 0 fully saturated rings. The van der Waals surface area contributed by atoms with Gasteiger partial charge >= 0.3 is 0 Å². The van der Waals surface area contributed by atoms with Crippen molar-refractivity contribution in [1.82, 2.24) is 0 Å². The van der Waals surface area contributed by atoms with E-state index in [0.717, 1.165) is 0 Å². The molecule has 0 aliphatic carbocycles. The van der Waals surface area contributed by atoms with Crippen molar-refractivity contribution in [3.8, 4) is 5.75 Å². The molecule has 0 heterocycles. The number of halogens is 2. The minimum absolute atomic E-state index is 0.0903. The van der Waals surface area contributed by atoms with E-state index in [9.17, 15) is 8.78 Å². The van der Waals surface area contributed by atoms with Crippen LogP contribution < -0.4 is 10.5 Å². The zero-order valence-electron chi connectivity index (χ0n) is 7.26.